The summed E-state index contributed by atoms with van der Waals surface area (Å²) < 4.78 is 4.59. The Hall–Kier alpha value is -2.28. The third-order valence-corrected chi connectivity index (χ3v) is 1.66. The van der Waals surface area contributed by atoms with E-state index in [4.69, 9.17) is 5.26 Å². The second kappa shape index (κ2) is 4.82. The van der Waals surface area contributed by atoms with E-state index in [9.17, 15) is 4.79 Å². The molecule has 4 heteroatoms. The van der Waals surface area contributed by atoms with Gasteiger partial charge in [-0.3, -0.25) is 4.79 Å². The van der Waals surface area contributed by atoms with Crippen LogP contribution in [0.4, 0.5) is 5.69 Å². The summed E-state index contributed by atoms with van der Waals surface area (Å²) >= 11 is 0. The van der Waals surface area contributed by atoms with E-state index < -0.39 is 0 Å². The molecule has 1 rings (SSSR count). The largest absolute Gasteiger partial charge is 0.388 e. The smallest absolute Gasteiger partial charge is 0.292 e. The first-order valence-corrected chi connectivity index (χ1v) is 4.26. The van der Waals surface area contributed by atoms with Gasteiger partial charge in [-0.25, -0.2) is 0 Å². The number of hydrogen-bond acceptors (Lipinski definition) is 3. The summed E-state index contributed by atoms with van der Waals surface area (Å²) in [7, 11) is 0. The molecule has 0 atom stereocenters. The predicted molar refractivity (Wildman–Crippen MR) is 56.1 cm³/mol. The Kier molecular flexibility index (Phi) is 3.47. The van der Waals surface area contributed by atoms with Crippen LogP contribution in [-0.4, -0.2) is 5.91 Å². The molecule has 0 aromatic heterocycles. The molecule has 1 aromatic carbocycles. The minimum atomic E-state index is -0.232. The van der Waals surface area contributed by atoms with E-state index in [2.05, 4.69) is 16.6 Å². The van der Waals surface area contributed by atoms with E-state index in [0.717, 1.165) is 0 Å². The van der Waals surface area contributed by atoms with Gasteiger partial charge in [-0.05, 0) is 31.2 Å². The summed E-state index contributed by atoms with van der Waals surface area (Å²) in [6, 6.07) is 6.48. The lowest BCUT2D eigenvalue weighted by molar-refractivity contribution is -0.112. The number of nitriles is 1. The molecular weight excluding hydrogens is 192 g/mol. The molecule has 1 amide bonds. The molecule has 0 aliphatic rings. The zero-order valence-electron chi connectivity index (χ0n) is 8.28. The predicted octanol–water partition coefficient (Wildman–Crippen LogP) is 2.06. The van der Waals surface area contributed by atoms with E-state index in [-0.39, 0.29) is 5.91 Å². The summed E-state index contributed by atoms with van der Waals surface area (Å²) in [6.45, 7) is 5.15. The van der Waals surface area contributed by atoms with Crippen molar-refractivity contribution in [1.82, 2.24) is 0 Å². The second-order valence-corrected chi connectivity index (χ2v) is 2.95. The first-order valence-electron chi connectivity index (χ1n) is 4.26. The number of benzene rings is 1. The number of hydrogen-bond donors (Lipinski definition) is 1. The zero-order chi connectivity index (χ0) is 11.3. The summed E-state index contributed by atoms with van der Waals surface area (Å²) in [4.78, 5) is 11.2. The van der Waals surface area contributed by atoms with Crippen molar-refractivity contribution >= 4 is 11.6 Å². The number of carbonyl (C=O) groups excluding carboxylic acids is 1. The molecular formula is C11H10N2O2. The number of carbonyl (C=O) groups is 1. The van der Waals surface area contributed by atoms with Gasteiger partial charge in [0.15, 0.2) is 0 Å². The third-order valence-electron chi connectivity index (χ3n) is 1.66. The second-order valence-electron chi connectivity index (χ2n) is 2.95. The molecule has 0 radical (unpaired) electrons. The Bertz CT molecular complexity index is 415. The van der Waals surface area contributed by atoms with E-state index in [1.165, 1.54) is 0 Å². The first kappa shape index (κ1) is 10.8. The van der Waals surface area contributed by atoms with Gasteiger partial charge >= 0.3 is 0 Å². The maximum absolute atomic E-state index is 11.2. The normalized spacial score (nSPS) is 8.80. The Labute approximate surface area is 87.8 Å². The molecule has 0 aliphatic heterocycles. The lowest BCUT2D eigenvalue weighted by Crippen LogP contribution is -2.11. The van der Waals surface area contributed by atoms with Crippen LogP contribution in [0.1, 0.15) is 6.92 Å². The van der Waals surface area contributed by atoms with Gasteiger partial charge < -0.3 is 10.1 Å². The topological polar surface area (TPSA) is 62.1 Å². The third kappa shape index (κ3) is 3.16. The molecule has 1 N–H and O–H groups in total. The summed E-state index contributed by atoms with van der Waals surface area (Å²) in [5.74, 6) is 0.203. The van der Waals surface area contributed by atoms with Crippen molar-refractivity contribution in [3.63, 3.8) is 0 Å². The molecule has 4 nitrogen and oxygen atoms in total. The number of rotatable bonds is 3. The van der Waals surface area contributed by atoms with Gasteiger partial charge in [0, 0.05) is 11.3 Å². The molecule has 0 fully saturated rings. The molecule has 0 unspecified atom stereocenters. The lowest BCUT2D eigenvalue weighted by Gasteiger charge is -2.04. The van der Waals surface area contributed by atoms with Gasteiger partial charge in [0.1, 0.15) is 5.75 Å². The van der Waals surface area contributed by atoms with E-state index in [1.807, 2.05) is 0 Å². The number of ether oxygens (including phenoxy) is 1. The fourth-order valence-corrected chi connectivity index (χ4v) is 0.897. The van der Waals surface area contributed by atoms with Gasteiger partial charge in [-0.2, -0.15) is 0 Å². The molecule has 0 saturated heterocycles. The minimum absolute atomic E-state index is 0.232. The Morgan fingerprint density at radius 1 is 1.47 bits per heavy atom. The highest BCUT2D eigenvalue weighted by atomic mass is 16.5. The lowest BCUT2D eigenvalue weighted by atomic mass is 10.2. The highest BCUT2D eigenvalue weighted by molar-refractivity contribution is 6.02. The monoisotopic (exact) mass is 202 g/mol. The van der Waals surface area contributed by atoms with Crippen molar-refractivity contribution in [3.05, 3.63) is 36.4 Å². The highest BCUT2D eigenvalue weighted by Crippen LogP contribution is 2.15. The van der Waals surface area contributed by atoms with E-state index in [0.29, 0.717) is 17.0 Å². The van der Waals surface area contributed by atoms with Gasteiger partial charge in [-0.1, -0.05) is 6.58 Å². The van der Waals surface area contributed by atoms with E-state index >= 15 is 0 Å². The first-order chi connectivity index (χ1) is 7.13. The van der Waals surface area contributed by atoms with Crippen molar-refractivity contribution in [2.45, 2.75) is 6.92 Å². The van der Waals surface area contributed by atoms with Crippen LogP contribution in [0.2, 0.25) is 0 Å². The van der Waals surface area contributed by atoms with Gasteiger partial charge in [-0.15, -0.1) is 5.26 Å². The fraction of sp³-hybridized carbons (Fsp3) is 0.0909. The Balaban J connectivity index is 2.69. The molecule has 0 heterocycles. The molecule has 76 valence electrons. The SMILES string of the molecule is C=C(C)C(=O)Nc1ccc(OC#N)cc1. The van der Waals surface area contributed by atoms with E-state index in [1.54, 1.807) is 37.4 Å². The molecule has 0 aliphatic carbocycles. The van der Waals surface area contributed by atoms with Gasteiger partial charge in [0.2, 0.25) is 0 Å². The quantitative estimate of drug-likeness (QED) is 0.602. The number of nitrogens with one attached hydrogen (secondary N) is 1. The van der Waals surface area contributed by atoms with Crippen molar-refractivity contribution < 1.29 is 9.53 Å². The van der Waals surface area contributed by atoms with Crippen LogP contribution in [0.25, 0.3) is 0 Å². The number of anilines is 1. The van der Waals surface area contributed by atoms with Crippen molar-refractivity contribution in [1.29, 1.82) is 5.26 Å². The molecule has 15 heavy (non-hydrogen) atoms. The molecule has 0 spiro atoms. The number of nitrogens with zero attached hydrogens (tertiary/aromatic N) is 1. The maximum atomic E-state index is 11.2. The standard InChI is InChI=1S/C11H10N2O2/c1-8(2)11(14)13-9-3-5-10(6-4-9)15-7-12/h3-6H,1H2,2H3,(H,13,14). The average molecular weight is 202 g/mol. The number of amides is 1. The van der Waals surface area contributed by atoms with Crippen molar-refractivity contribution in [2.24, 2.45) is 0 Å². The fourth-order valence-electron chi connectivity index (χ4n) is 0.897. The van der Waals surface area contributed by atoms with Crippen LogP contribution in [0.3, 0.4) is 0 Å². The van der Waals surface area contributed by atoms with Gasteiger partial charge in [0.05, 0.1) is 0 Å². The molecule has 1 aromatic rings. The van der Waals surface area contributed by atoms with Crippen LogP contribution >= 0.6 is 0 Å². The van der Waals surface area contributed by atoms with Crippen LogP contribution < -0.4 is 10.1 Å². The summed E-state index contributed by atoms with van der Waals surface area (Å²) in [6.07, 6.45) is 1.56. The Morgan fingerprint density at radius 3 is 2.53 bits per heavy atom. The maximum Gasteiger partial charge on any atom is 0.292 e. The summed E-state index contributed by atoms with van der Waals surface area (Å²) in [5.41, 5.74) is 1.07. The Morgan fingerprint density at radius 2 is 2.07 bits per heavy atom. The minimum Gasteiger partial charge on any atom is -0.388 e. The van der Waals surface area contributed by atoms with Gasteiger partial charge in [0.25, 0.3) is 12.2 Å². The van der Waals surface area contributed by atoms with Crippen LogP contribution in [0, 0.1) is 11.5 Å². The molecule has 0 saturated carbocycles. The zero-order valence-corrected chi connectivity index (χ0v) is 8.28. The van der Waals surface area contributed by atoms with Crippen molar-refractivity contribution in [2.75, 3.05) is 5.32 Å². The highest BCUT2D eigenvalue weighted by Gasteiger charge is 2.02. The van der Waals surface area contributed by atoms with Crippen LogP contribution in [0.15, 0.2) is 36.4 Å². The van der Waals surface area contributed by atoms with Crippen LogP contribution in [0.5, 0.6) is 5.75 Å². The van der Waals surface area contributed by atoms with Crippen molar-refractivity contribution in [3.8, 4) is 12.0 Å². The average Bonchev–Trinajstić information content (AvgIpc) is 2.21. The van der Waals surface area contributed by atoms with Crippen LogP contribution in [-0.2, 0) is 4.79 Å². The summed E-state index contributed by atoms with van der Waals surface area (Å²) in [5, 5.41) is 10.9. The molecule has 0 bridgehead atoms.